The average Bonchev–Trinajstić information content (AvgIpc) is 3.21. The van der Waals surface area contributed by atoms with Gasteiger partial charge in [-0.25, -0.2) is 0 Å². The summed E-state index contributed by atoms with van der Waals surface area (Å²) in [5.74, 6) is -0.788. The van der Waals surface area contributed by atoms with Gasteiger partial charge in [-0.2, -0.15) is 0 Å². The highest BCUT2D eigenvalue weighted by molar-refractivity contribution is 5.94. The van der Waals surface area contributed by atoms with Crippen molar-refractivity contribution in [2.45, 2.75) is 32.6 Å². The molecule has 1 saturated heterocycles. The van der Waals surface area contributed by atoms with E-state index in [1.807, 2.05) is 29.2 Å². The lowest BCUT2D eigenvalue weighted by Crippen LogP contribution is -2.40. The van der Waals surface area contributed by atoms with Gasteiger partial charge in [0.05, 0.1) is 5.92 Å². The van der Waals surface area contributed by atoms with Gasteiger partial charge in [-0.3, -0.25) is 9.59 Å². The molecule has 1 spiro atoms. The Kier molecular flexibility index (Phi) is 3.47. The summed E-state index contributed by atoms with van der Waals surface area (Å²) in [5.41, 5.74) is 1.94. The highest BCUT2D eigenvalue weighted by Crippen LogP contribution is 2.59. The van der Waals surface area contributed by atoms with Crippen molar-refractivity contribution in [2.24, 2.45) is 11.3 Å². The lowest BCUT2D eigenvalue weighted by Gasteiger charge is -2.32. The summed E-state index contributed by atoms with van der Waals surface area (Å²) >= 11 is 0. The Morgan fingerprint density at radius 2 is 1.86 bits per heavy atom. The van der Waals surface area contributed by atoms with Crippen LogP contribution in [0, 0.1) is 11.3 Å². The quantitative estimate of drug-likeness (QED) is 0.929. The summed E-state index contributed by atoms with van der Waals surface area (Å²) in [7, 11) is 0. The summed E-state index contributed by atoms with van der Waals surface area (Å²) in [6, 6.07) is 7.78. The van der Waals surface area contributed by atoms with E-state index in [1.54, 1.807) is 0 Å². The van der Waals surface area contributed by atoms with Crippen LogP contribution in [0.3, 0.4) is 0 Å². The van der Waals surface area contributed by atoms with Crippen LogP contribution in [0.2, 0.25) is 0 Å². The van der Waals surface area contributed by atoms with Gasteiger partial charge in [-0.15, -0.1) is 0 Å². The average molecular weight is 287 g/mol. The van der Waals surface area contributed by atoms with Crippen LogP contribution in [0.4, 0.5) is 0 Å². The van der Waals surface area contributed by atoms with E-state index in [0.717, 1.165) is 31.2 Å². The molecular formula is C17H21NO3. The third-order valence-corrected chi connectivity index (χ3v) is 5.14. The molecule has 1 aromatic rings. The summed E-state index contributed by atoms with van der Waals surface area (Å²) in [5, 5.41) is 9.09. The fourth-order valence-electron chi connectivity index (χ4n) is 3.47. The topological polar surface area (TPSA) is 57.6 Å². The van der Waals surface area contributed by atoms with Gasteiger partial charge >= 0.3 is 5.97 Å². The summed E-state index contributed by atoms with van der Waals surface area (Å²) in [6.45, 7) is 3.45. The van der Waals surface area contributed by atoms with Crippen molar-refractivity contribution >= 4 is 11.9 Å². The molecule has 4 nitrogen and oxygen atoms in total. The molecule has 1 aliphatic carbocycles. The lowest BCUT2D eigenvalue weighted by atomic mass is 9.90. The maximum Gasteiger partial charge on any atom is 0.307 e. The number of aryl methyl sites for hydroxylation is 1. The van der Waals surface area contributed by atoms with Crippen molar-refractivity contribution in [3.8, 4) is 0 Å². The first-order chi connectivity index (χ1) is 10.1. The molecule has 1 atom stereocenters. The molecule has 3 rings (SSSR count). The number of piperidine rings is 1. The molecule has 0 bridgehead atoms. The molecular weight excluding hydrogens is 266 g/mol. The molecule has 2 aliphatic rings. The molecule has 1 amide bonds. The standard InChI is InChI=1S/C17H21NO3/c1-2-12-3-5-13(6-4-12)15(19)18-9-7-17(8-10-18)11-14(17)16(20)21/h3-6,14H,2,7-11H2,1H3,(H,20,21). The third kappa shape index (κ3) is 2.55. The van der Waals surface area contributed by atoms with Crippen LogP contribution >= 0.6 is 0 Å². The Morgan fingerprint density at radius 3 is 2.33 bits per heavy atom. The number of carbonyl (C=O) groups excluding carboxylic acids is 1. The monoisotopic (exact) mass is 287 g/mol. The molecule has 2 fully saturated rings. The van der Waals surface area contributed by atoms with Crippen LogP contribution in [0.1, 0.15) is 42.1 Å². The summed E-state index contributed by atoms with van der Waals surface area (Å²) in [6.07, 6.45) is 3.40. The van der Waals surface area contributed by atoms with Crippen molar-refractivity contribution in [1.82, 2.24) is 4.90 Å². The van der Waals surface area contributed by atoms with E-state index in [0.29, 0.717) is 13.1 Å². The Balaban J connectivity index is 1.61. The van der Waals surface area contributed by atoms with Gasteiger partial charge in [0.1, 0.15) is 0 Å². The minimum Gasteiger partial charge on any atom is -0.481 e. The number of likely N-dealkylation sites (tertiary alicyclic amines) is 1. The molecule has 1 aromatic carbocycles. The predicted octanol–water partition coefficient (Wildman–Crippen LogP) is 2.58. The first kappa shape index (κ1) is 14.1. The van der Waals surface area contributed by atoms with Gasteiger partial charge < -0.3 is 10.0 Å². The Labute approximate surface area is 124 Å². The normalized spacial score (nSPS) is 23.1. The fraction of sp³-hybridized carbons (Fsp3) is 0.529. The molecule has 0 aromatic heterocycles. The SMILES string of the molecule is CCc1ccc(C(=O)N2CCC3(CC2)CC3C(=O)O)cc1. The lowest BCUT2D eigenvalue weighted by molar-refractivity contribution is -0.139. The second-order valence-corrected chi connectivity index (χ2v) is 6.30. The van der Waals surface area contributed by atoms with E-state index in [1.165, 1.54) is 5.56 Å². The zero-order chi connectivity index (χ0) is 15.0. The maximum absolute atomic E-state index is 12.5. The smallest absolute Gasteiger partial charge is 0.307 e. The number of nitrogens with zero attached hydrogens (tertiary/aromatic N) is 1. The highest BCUT2D eigenvalue weighted by atomic mass is 16.4. The Hall–Kier alpha value is -1.84. The third-order valence-electron chi connectivity index (χ3n) is 5.14. The van der Waals surface area contributed by atoms with E-state index in [9.17, 15) is 9.59 Å². The van der Waals surface area contributed by atoms with Crippen LogP contribution in [-0.2, 0) is 11.2 Å². The van der Waals surface area contributed by atoms with Gasteiger partial charge in [0, 0.05) is 18.7 Å². The van der Waals surface area contributed by atoms with Crippen molar-refractivity contribution in [3.63, 3.8) is 0 Å². The van der Waals surface area contributed by atoms with E-state index in [4.69, 9.17) is 5.11 Å². The molecule has 1 unspecified atom stereocenters. The van der Waals surface area contributed by atoms with Crippen molar-refractivity contribution < 1.29 is 14.7 Å². The number of carboxylic acid groups (broad SMARTS) is 1. The van der Waals surface area contributed by atoms with Crippen LogP contribution in [0.15, 0.2) is 24.3 Å². The maximum atomic E-state index is 12.5. The first-order valence-corrected chi connectivity index (χ1v) is 7.67. The number of carbonyl (C=O) groups is 2. The number of benzene rings is 1. The van der Waals surface area contributed by atoms with Crippen LogP contribution < -0.4 is 0 Å². The van der Waals surface area contributed by atoms with E-state index in [-0.39, 0.29) is 17.2 Å². The number of rotatable bonds is 3. The van der Waals surface area contributed by atoms with E-state index >= 15 is 0 Å². The van der Waals surface area contributed by atoms with Gasteiger partial charge in [0.25, 0.3) is 5.91 Å². The molecule has 1 N–H and O–H groups in total. The number of amides is 1. The molecule has 1 aliphatic heterocycles. The molecule has 112 valence electrons. The van der Waals surface area contributed by atoms with Crippen molar-refractivity contribution in [2.75, 3.05) is 13.1 Å². The zero-order valence-electron chi connectivity index (χ0n) is 12.3. The minimum absolute atomic E-state index is 0.0192. The summed E-state index contributed by atoms with van der Waals surface area (Å²) in [4.78, 5) is 25.4. The second kappa shape index (κ2) is 5.17. The van der Waals surface area contributed by atoms with E-state index < -0.39 is 5.97 Å². The Morgan fingerprint density at radius 1 is 1.24 bits per heavy atom. The van der Waals surface area contributed by atoms with Gasteiger partial charge in [0.2, 0.25) is 0 Å². The largest absolute Gasteiger partial charge is 0.481 e. The van der Waals surface area contributed by atoms with Crippen LogP contribution in [0.5, 0.6) is 0 Å². The minimum atomic E-state index is -0.676. The predicted molar refractivity (Wildman–Crippen MR) is 79.1 cm³/mol. The number of aliphatic carboxylic acids is 1. The Bertz CT molecular complexity index is 556. The molecule has 21 heavy (non-hydrogen) atoms. The van der Waals surface area contributed by atoms with Crippen LogP contribution in [0.25, 0.3) is 0 Å². The van der Waals surface area contributed by atoms with E-state index in [2.05, 4.69) is 6.92 Å². The van der Waals surface area contributed by atoms with Crippen molar-refractivity contribution in [1.29, 1.82) is 0 Å². The van der Waals surface area contributed by atoms with Gasteiger partial charge in [-0.05, 0) is 48.8 Å². The highest BCUT2D eigenvalue weighted by Gasteiger charge is 2.59. The van der Waals surface area contributed by atoms with Gasteiger partial charge in [-0.1, -0.05) is 19.1 Å². The molecule has 1 saturated carbocycles. The number of carboxylic acids is 1. The second-order valence-electron chi connectivity index (χ2n) is 6.30. The molecule has 4 heteroatoms. The van der Waals surface area contributed by atoms with Crippen molar-refractivity contribution in [3.05, 3.63) is 35.4 Å². The zero-order valence-corrected chi connectivity index (χ0v) is 12.3. The molecule has 0 radical (unpaired) electrons. The number of hydrogen-bond donors (Lipinski definition) is 1. The van der Waals surface area contributed by atoms with Crippen LogP contribution in [-0.4, -0.2) is 35.0 Å². The first-order valence-electron chi connectivity index (χ1n) is 7.67. The summed E-state index contributed by atoms with van der Waals surface area (Å²) < 4.78 is 0. The number of hydrogen-bond acceptors (Lipinski definition) is 2. The van der Waals surface area contributed by atoms with Gasteiger partial charge in [0.15, 0.2) is 0 Å². The fourth-order valence-corrected chi connectivity index (χ4v) is 3.47. The molecule has 1 heterocycles.